The first-order valence-corrected chi connectivity index (χ1v) is 6.62. The predicted octanol–water partition coefficient (Wildman–Crippen LogP) is 2.76. The van der Waals surface area contributed by atoms with E-state index in [2.05, 4.69) is 20.6 Å². The number of nitrogens with one attached hydrogen (secondary N) is 2. The molecule has 1 aliphatic rings. The number of rotatable bonds is 4. The summed E-state index contributed by atoms with van der Waals surface area (Å²) in [6, 6.07) is 0.931. The summed E-state index contributed by atoms with van der Waals surface area (Å²) >= 11 is 0. The zero-order valence-electron chi connectivity index (χ0n) is 12.4. The molecule has 0 saturated heterocycles. The number of alkyl halides is 3. The minimum Gasteiger partial charge on any atom is -0.381 e. The summed E-state index contributed by atoms with van der Waals surface area (Å²) in [6.07, 6.45) is -3.69. The maximum atomic E-state index is 12.8. The average molecular weight is 304 g/mol. The van der Waals surface area contributed by atoms with Crippen molar-refractivity contribution < 1.29 is 17.9 Å². The summed E-state index contributed by atoms with van der Waals surface area (Å²) in [6.45, 7) is 4.01. The van der Waals surface area contributed by atoms with Gasteiger partial charge in [0.2, 0.25) is 5.95 Å². The third kappa shape index (κ3) is 3.04. The molecule has 1 fully saturated rings. The van der Waals surface area contributed by atoms with E-state index < -0.39 is 11.9 Å². The first-order valence-electron chi connectivity index (χ1n) is 6.62. The molecular weight excluding hydrogens is 285 g/mol. The molecular formula is C13H19F3N4O. The second-order valence-electron chi connectivity index (χ2n) is 5.69. The van der Waals surface area contributed by atoms with E-state index in [-0.39, 0.29) is 29.3 Å². The SMILES string of the molecule is CNc1nc(NC2CC(OC)C2(C)C)cc(C(F)(F)F)n1. The number of hydrogen-bond donors (Lipinski definition) is 2. The monoisotopic (exact) mass is 304 g/mol. The number of nitrogens with zero attached hydrogens (tertiary/aromatic N) is 2. The van der Waals surface area contributed by atoms with Crippen molar-refractivity contribution in [1.29, 1.82) is 0 Å². The first-order chi connectivity index (χ1) is 9.68. The van der Waals surface area contributed by atoms with Crippen molar-refractivity contribution in [2.24, 2.45) is 5.41 Å². The average Bonchev–Trinajstić information content (AvgIpc) is 2.41. The second-order valence-corrected chi connectivity index (χ2v) is 5.69. The Morgan fingerprint density at radius 2 is 2.00 bits per heavy atom. The number of anilines is 2. The molecule has 2 atom stereocenters. The highest BCUT2D eigenvalue weighted by molar-refractivity contribution is 5.44. The van der Waals surface area contributed by atoms with E-state index in [9.17, 15) is 13.2 Å². The van der Waals surface area contributed by atoms with Gasteiger partial charge in [0, 0.05) is 31.7 Å². The molecule has 2 rings (SSSR count). The van der Waals surface area contributed by atoms with Crippen LogP contribution in [0.4, 0.5) is 24.9 Å². The van der Waals surface area contributed by atoms with Gasteiger partial charge in [-0.25, -0.2) is 4.98 Å². The molecule has 2 N–H and O–H groups in total. The molecule has 118 valence electrons. The Balaban J connectivity index is 2.21. The van der Waals surface area contributed by atoms with Crippen molar-refractivity contribution >= 4 is 11.8 Å². The summed E-state index contributed by atoms with van der Waals surface area (Å²) < 4.78 is 43.8. The maximum absolute atomic E-state index is 12.8. The highest BCUT2D eigenvalue weighted by Crippen LogP contribution is 2.44. The van der Waals surface area contributed by atoms with Gasteiger partial charge in [-0.2, -0.15) is 18.2 Å². The lowest BCUT2D eigenvalue weighted by atomic mass is 9.64. The van der Waals surface area contributed by atoms with Crippen LogP contribution < -0.4 is 10.6 Å². The van der Waals surface area contributed by atoms with Crippen LogP contribution in [-0.2, 0) is 10.9 Å². The van der Waals surface area contributed by atoms with Crippen molar-refractivity contribution in [3.63, 3.8) is 0 Å². The normalized spacial score (nSPS) is 24.3. The van der Waals surface area contributed by atoms with Crippen LogP contribution in [0.2, 0.25) is 0 Å². The topological polar surface area (TPSA) is 59.1 Å². The second kappa shape index (κ2) is 5.32. The minimum absolute atomic E-state index is 0.00291. The van der Waals surface area contributed by atoms with E-state index in [1.807, 2.05) is 13.8 Å². The van der Waals surface area contributed by atoms with E-state index in [1.54, 1.807) is 7.11 Å². The van der Waals surface area contributed by atoms with Gasteiger partial charge in [-0.15, -0.1) is 0 Å². The quantitative estimate of drug-likeness (QED) is 0.896. The zero-order chi connectivity index (χ0) is 15.8. The Kier molecular flexibility index (Phi) is 4.01. The summed E-state index contributed by atoms with van der Waals surface area (Å²) in [7, 11) is 3.11. The molecule has 0 radical (unpaired) electrons. The highest BCUT2D eigenvalue weighted by atomic mass is 19.4. The third-order valence-electron chi connectivity index (χ3n) is 4.02. The van der Waals surface area contributed by atoms with Gasteiger partial charge in [0.05, 0.1) is 6.10 Å². The fourth-order valence-corrected chi connectivity index (χ4v) is 2.49. The van der Waals surface area contributed by atoms with Gasteiger partial charge in [-0.1, -0.05) is 13.8 Å². The Hall–Kier alpha value is -1.57. The largest absolute Gasteiger partial charge is 0.433 e. The van der Waals surface area contributed by atoms with Gasteiger partial charge in [0.15, 0.2) is 5.69 Å². The highest BCUT2D eigenvalue weighted by Gasteiger charge is 2.48. The van der Waals surface area contributed by atoms with Crippen LogP contribution in [-0.4, -0.2) is 36.3 Å². The van der Waals surface area contributed by atoms with Crippen LogP contribution in [0.15, 0.2) is 6.07 Å². The molecule has 1 heterocycles. The minimum atomic E-state index is -4.50. The van der Waals surface area contributed by atoms with Crippen LogP contribution in [0.5, 0.6) is 0 Å². The molecule has 1 aliphatic carbocycles. The van der Waals surface area contributed by atoms with Crippen molar-refractivity contribution in [3.8, 4) is 0 Å². The van der Waals surface area contributed by atoms with Gasteiger partial charge >= 0.3 is 6.18 Å². The zero-order valence-corrected chi connectivity index (χ0v) is 12.4. The maximum Gasteiger partial charge on any atom is 0.433 e. The van der Waals surface area contributed by atoms with E-state index in [1.165, 1.54) is 7.05 Å². The standard InChI is InChI=1S/C13H19F3N4O/c1-12(2)7(5-9(12)21-4)18-10-6-8(13(14,15)16)19-11(17-3)20-10/h6-7,9H,5H2,1-4H3,(H2,17,18,19,20). The number of hydrogen-bond acceptors (Lipinski definition) is 5. The fraction of sp³-hybridized carbons (Fsp3) is 0.692. The third-order valence-corrected chi connectivity index (χ3v) is 4.02. The predicted molar refractivity (Wildman–Crippen MR) is 73.2 cm³/mol. The lowest BCUT2D eigenvalue weighted by Crippen LogP contribution is -2.57. The van der Waals surface area contributed by atoms with Gasteiger partial charge < -0.3 is 15.4 Å². The molecule has 1 saturated carbocycles. The van der Waals surface area contributed by atoms with Gasteiger partial charge in [-0.3, -0.25) is 0 Å². The molecule has 1 aromatic rings. The molecule has 0 aliphatic heterocycles. The molecule has 5 nitrogen and oxygen atoms in total. The molecule has 0 bridgehead atoms. The number of halogens is 3. The van der Waals surface area contributed by atoms with Crippen LogP contribution in [0.25, 0.3) is 0 Å². The van der Waals surface area contributed by atoms with E-state index in [0.717, 1.165) is 12.5 Å². The summed E-state index contributed by atoms with van der Waals surface area (Å²) in [5.74, 6) is 0.0991. The van der Waals surface area contributed by atoms with Crippen LogP contribution >= 0.6 is 0 Å². The van der Waals surface area contributed by atoms with Crippen molar-refractivity contribution in [2.45, 2.75) is 38.6 Å². The Bertz CT molecular complexity index is 519. The molecule has 8 heteroatoms. The van der Waals surface area contributed by atoms with Crippen LogP contribution in [0.1, 0.15) is 26.0 Å². The van der Waals surface area contributed by atoms with Gasteiger partial charge in [0.25, 0.3) is 0 Å². The molecule has 0 amide bonds. The molecule has 2 unspecified atom stereocenters. The Labute approximate surface area is 121 Å². The summed E-state index contributed by atoms with van der Waals surface area (Å²) in [4.78, 5) is 7.46. The first kappa shape index (κ1) is 15.8. The van der Waals surface area contributed by atoms with E-state index >= 15 is 0 Å². The lowest BCUT2D eigenvalue weighted by Gasteiger charge is -2.51. The number of ether oxygens (including phenoxy) is 1. The van der Waals surface area contributed by atoms with Gasteiger partial charge in [-0.05, 0) is 6.42 Å². The Morgan fingerprint density at radius 1 is 1.33 bits per heavy atom. The van der Waals surface area contributed by atoms with E-state index in [0.29, 0.717) is 0 Å². The lowest BCUT2D eigenvalue weighted by molar-refractivity contribution is -0.141. The molecule has 0 spiro atoms. The smallest absolute Gasteiger partial charge is 0.381 e. The van der Waals surface area contributed by atoms with Crippen molar-refractivity contribution in [3.05, 3.63) is 11.8 Å². The molecule has 21 heavy (non-hydrogen) atoms. The Morgan fingerprint density at radius 3 is 2.48 bits per heavy atom. The molecule has 0 aromatic carbocycles. The van der Waals surface area contributed by atoms with E-state index in [4.69, 9.17) is 4.74 Å². The van der Waals surface area contributed by atoms with Crippen LogP contribution in [0.3, 0.4) is 0 Å². The van der Waals surface area contributed by atoms with Gasteiger partial charge in [0.1, 0.15) is 5.82 Å². The number of aromatic nitrogens is 2. The van der Waals surface area contributed by atoms with Crippen LogP contribution in [0, 0.1) is 5.41 Å². The number of methoxy groups -OCH3 is 1. The van der Waals surface area contributed by atoms with Crippen molar-refractivity contribution in [1.82, 2.24) is 9.97 Å². The fourth-order valence-electron chi connectivity index (χ4n) is 2.49. The summed E-state index contributed by atoms with van der Waals surface area (Å²) in [5.41, 5.74) is -1.14. The molecule has 1 aromatic heterocycles. The van der Waals surface area contributed by atoms with Crippen molar-refractivity contribution in [2.75, 3.05) is 24.8 Å². The summed E-state index contributed by atoms with van der Waals surface area (Å²) in [5, 5.41) is 5.59.